The average molecular weight is 872 g/mol. The van der Waals surface area contributed by atoms with E-state index in [9.17, 15) is 0 Å². The smallest absolute Gasteiger partial charge is 0.0665 e. The molecule has 2 rings (SSSR count). The predicted octanol–water partition coefficient (Wildman–Crippen LogP) is 18.0. The van der Waals surface area contributed by atoms with Crippen molar-refractivity contribution in [2.75, 3.05) is 0 Å². The molecule has 0 unspecified atom stereocenters. The van der Waals surface area contributed by atoms with Crippen molar-refractivity contribution in [3.05, 3.63) is 59.2 Å². The first-order valence-electron chi connectivity index (χ1n) is 24.5. The normalized spacial score (nSPS) is 11.7. The van der Waals surface area contributed by atoms with Gasteiger partial charge in [0.1, 0.15) is 0 Å². The number of hydrogen-bond donors (Lipinski definition) is 0. The Balaban J connectivity index is 0.0000162. The van der Waals surface area contributed by atoms with E-state index in [2.05, 4.69) is 88.9 Å². The van der Waals surface area contributed by atoms with E-state index >= 15 is 0 Å². The third-order valence-corrected chi connectivity index (χ3v) is 11.3. The molecule has 0 atom stereocenters. The zero-order valence-corrected chi connectivity index (χ0v) is 39.6. The number of unbranched alkanes of at least 4 members (excludes halogenated alkanes) is 22. The number of rotatable bonds is 35. The molecule has 2 aromatic rings. The quantitative estimate of drug-likeness (QED) is 0.0285. The molecular weight excluding hydrogens is 783 g/mol. The van der Waals surface area contributed by atoms with Crippen LogP contribution in [-0.2, 0) is 39.7 Å². The van der Waals surface area contributed by atoms with Crippen LogP contribution in [0.5, 0.6) is 0 Å². The Hall–Kier alpha value is -2.00. The van der Waals surface area contributed by atoms with Crippen LogP contribution in [0.1, 0.15) is 244 Å². The van der Waals surface area contributed by atoms with Crippen LogP contribution < -0.4 is 0 Å². The summed E-state index contributed by atoms with van der Waals surface area (Å²) in [5.74, 6) is 6.99. The Morgan fingerprint density at radius 3 is 1.42 bits per heavy atom. The van der Waals surface area contributed by atoms with E-state index in [-0.39, 0.29) is 20.4 Å². The summed E-state index contributed by atoms with van der Waals surface area (Å²) < 4.78 is 0. The number of hydrogen-bond acceptors (Lipinski definition) is 2. The zero-order chi connectivity index (χ0) is 40.2. The minimum Gasteiger partial charge on any atom is -0.252 e. The summed E-state index contributed by atoms with van der Waals surface area (Å²) >= 11 is 0. The van der Waals surface area contributed by atoms with Gasteiger partial charge in [-0.2, -0.15) is 0 Å². The van der Waals surface area contributed by atoms with Gasteiger partial charge < -0.3 is 0 Å². The second kappa shape index (κ2) is 38.2. The number of benzene rings is 2. The summed E-state index contributed by atoms with van der Waals surface area (Å²) in [4.78, 5) is 11.1. The van der Waals surface area contributed by atoms with Crippen molar-refractivity contribution in [1.29, 1.82) is 0 Å². The molecule has 324 valence electrons. The van der Waals surface area contributed by atoms with Gasteiger partial charge in [-0.1, -0.05) is 187 Å². The summed E-state index contributed by atoms with van der Waals surface area (Å²) in [6.07, 6.45) is 41.4. The first kappa shape index (κ1) is 53.0. The van der Waals surface area contributed by atoms with Gasteiger partial charge in [-0.3, -0.25) is 9.98 Å². The molecular formula is C54H88N2Pd. The van der Waals surface area contributed by atoms with Gasteiger partial charge >= 0.3 is 0 Å². The molecule has 0 amide bonds. The first-order chi connectivity index (χ1) is 27.6. The van der Waals surface area contributed by atoms with Crippen molar-refractivity contribution < 1.29 is 20.4 Å². The minimum atomic E-state index is 0. The molecule has 0 spiro atoms. The maximum absolute atomic E-state index is 5.56. The van der Waals surface area contributed by atoms with E-state index in [0.29, 0.717) is 0 Å². The zero-order valence-electron chi connectivity index (χ0n) is 38.1. The second-order valence-corrected chi connectivity index (χ2v) is 16.8. The van der Waals surface area contributed by atoms with Crippen LogP contribution in [-0.4, -0.2) is 11.4 Å². The van der Waals surface area contributed by atoms with Crippen molar-refractivity contribution in [2.45, 2.75) is 247 Å². The maximum Gasteiger partial charge on any atom is 0.0665 e. The summed E-state index contributed by atoms with van der Waals surface area (Å²) in [5, 5.41) is 0. The molecule has 0 saturated carbocycles. The van der Waals surface area contributed by atoms with E-state index in [1.165, 1.54) is 176 Å². The van der Waals surface area contributed by atoms with Gasteiger partial charge in [-0.25, -0.2) is 0 Å². The van der Waals surface area contributed by atoms with Gasteiger partial charge in [0.25, 0.3) is 0 Å². The van der Waals surface area contributed by atoms with E-state index in [1.54, 1.807) is 0 Å². The van der Waals surface area contributed by atoms with Crippen LogP contribution in [0.25, 0.3) is 0 Å². The van der Waals surface area contributed by atoms with Crippen molar-refractivity contribution in [3.63, 3.8) is 0 Å². The number of para-hydroxylation sites is 1. The third-order valence-electron chi connectivity index (χ3n) is 11.3. The van der Waals surface area contributed by atoms with Crippen molar-refractivity contribution in [2.24, 2.45) is 9.98 Å². The summed E-state index contributed by atoms with van der Waals surface area (Å²) in [7, 11) is 0. The van der Waals surface area contributed by atoms with Crippen molar-refractivity contribution >= 4 is 22.8 Å². The average Bonchev–Trinajstić information content (AvgIpc) is 3.21. The Kier molecular flexibility index (Phi) is 35.6. The van der Waals surface area contributed by atoms with Crippen molar-refractivity contribution in [1.82, 2.24) is 0 Å². The van der Waals surface area contributed by atoms with Crippen LogP contribution >= 0.6 is 0 Å². The molecule has 57 heavy (non-hydrogen) atoms. The van der Waals surface area contributed by atoms with Gasteiger partial charge in [0.05, 0.1) is 22.8 Å². The standard InChI is InChI=1S/C54H88N2.Pd/c1-6-11-16-18-20-21-22-23-24-25-26-27-28-29-30-34-40-50-41-36-37-43-52(50)56-54(42-15-10-5)53(44-35-31-19-17-12-7-2)55-51-46-48(38-32-13-8-3)45-49(47-51)39-33-14-9-4;/h36-37,41,43,45-47H,6-27,30-35,38-40,42,44H2,1-5H3;. The molecule has 0 saturated heterocycles. The van der Waals surface area contributed by atoms with Crippen LogP contribution in [0.15, 0.2) is 52.4 Å². The van der Waals surface area contributed by atoms with E-state index in [0.717, 1.165) is 75.6 Å². The molecule has 2 aromatic carbocycles. The number of aryl methyl sites for hydroxylation is 3. The van der Waals surface area contributed by atoms with Crippen LogP contribution in [0.2, 0.25) is 0 Å². The minimum absolute atomic E-state index is 0. The monoisotopic (exact) mass is 871 g/mol. The van der Waals surface area contributed by atoms with Crippen LogP contribution in [0.3, 0.4) is 0 Å². The van der Waals surface area contributed by atoms with E-state index < -0.39 is 0 Å². The largest absolute Gasteiger partial charge is 0.252 e. The molecule has 0 aliphatic carbocycles. The molecule has 0 heterocycles. The molecule has 0 fully saturated rings. The summed E-state index contributed by atoms with van der Waals surface area (Å²) in [6.45, 7) is 11.5. The van der Waals surface area contributed by atoms with E-state index in [4.69, 9.17) is 9.98 Å². The topological polar surface area (TPSA) is 24.7 Å². The molecule has 0 bridgehead atoms. The fraction of sp³-hybridized carbons (Fsp3) is 0.704. The first-order valence-corrected chi connectivity index (χ1v) is 24.5. The SMILES string of the molecule is CCCCCCCCCCCCCC#CCCCc1ccccc1N=C(CCCC)C(CCCCCCCC)=Nc1cc(CCCCC)cc(CCCCC)c1.[Pd]. The van der Waals surface area contributed by atoms with Gasteiger partial charge in [-0.15, -0.1) is 11.8 Å². The molecule has 0 aromatic heterocycles. The Bertz CT molecular complexity index is 1330. The Morgan fingerprint density at radius 2 is 0.860 bits per heavy atom. The van der Waals surface area contributed by atoms with Gasteiger partial charge in [0, 0.05) is 33.3 Å². The summed E-state index contributed by atoms with van der Waals surface area (Å²) in [5.41, 5.74) is 9.00. The van der Waals surface area contributed by atoms with Crippen LogP contribution in [0.4, 0.5) is 11.4 Å². The fourth-order valence-corrected chi connectivity index (χ4v) is 7.76. The number of aliphatic imine (C=N–C) groups is 2. The Labute approximate surface area is 368 Å². The molecule has 0 N–H and O–H groups in total. The van der Waals surface area contributed by atoms with Crippen LogP contribution in [0, 0.1) is 11.8 Å². The third kappa shape index (κ3) is 27.4. The maximum atomic E-state index is 5.56. The fourth-order valence-electron chi connectivity index (χ4n) is 7.76. The number of nitrogens with zero attached hydrogens (tertiary/aromatic N) is 2. The molecule has 0 aliphatic heterocycles. The molecule has 0 aliphatic rings. The van der Waals surface area contributed by atoms with Crippen molar-refractivity contribution in [3.8, 4) is 11.8 Å². The van der Waals surface area contributed by atoms with E-state index in [1.807, 2.05) is 0 Å². The van der Waals surface area contributed by atoms with Gasteiger partial charge in [-0.05, 0) is 106 Å². The molecule has 3 heteroatoms. The molecule has 0 radical (unpaired) electrons. The predicted molar refractivity (Wildman–Crippen MR) is 253 cm³/mol. The Morgan fingerprint density at radius 1 is 0.421 bits per heavy atom. The second-order valence-electron chi connectivity index (χ2n) is 16.8. The molecule has 2 nitrogen and oxygen atoms in total. The van der Waals surface area contributed by atoms with Gasteiger partial charge in [0.2, 0.25) is 0 Å². The summed E-state index contributed by atoms with van der Waals surface area (Å²) in [6, 6.07) is 16.1. The van der Waals surface area contributed by atoms with Gasteiger partial charge in [0.15, 0.2) is 0 Å².